The standard InChI is InChI=1S/C27H34F3N3O3/c1-15-4-11-22(26(34)31-15)33-14-20-19(27(33)35)10-7-17(24(20)28)13-23-21(3-2-12-36-23)32-18-8-5-16(6-9-18)25(29)30/h7,10,16,18,21-23,25,32H,1-6,8-9,11-14H2,(H,31,34)/t16?,18?,21-,22-,23+/m0/s1. The van der Waals surface area contributed by atoms with Crippen molar-refractivity contribution in [1.29, 1.82) is 0 Å². The van der Waals surface area contributed by atoms with E-state index < -0.39 is 24.2 Å². The molecule has 0 unspecified atom stereocenters. The van der Waals surface area contributed by atoms with E-state index in [0.29, 0.717) is 73.9 Å². The molecule has 1 saturated carbocycles. The van der Waals surface area contributed by atoms with Gasteiger partial charge in [0.1, 0.15) is 11.9 Å². The van der Waals surface area contributed by atoms with Crippen LogP contribution in [0.1, 0.15) is 72.9 Å². The Hall–Kier alpha value is -2.39. The first-order valence-corrected chi connectivity index (χ1v) is 13.1. The van der Waals surface area contributed by atoms with Gasteiger partial charge in [-0.15, -0.1) is 0 Å². The lowest BCUT2D eigenvalue weighted by Gasteiger charge is -2.37. The zero-order chi connectivity index (χ0) is 25.4. The molecule has 2 N–H and O–H groups in total. The van der Waals surface area contributed by atoms with E-state index in [4.69, 9.17) is 4.74 Å². The SMILES string of the molecule is C=C1CC[C@H](N2Cc3c(ccc(C[C@H]4OCCC[C@@H]4NC4CCC(C(F)F)CC4)c3F)C2=O)C(=O)N1. The van der Waals surface area contributed by atoms with E-state index >= 15 is 4.39 Å². The summed E-state index contributed by atoms with van der Waals surface area (Å²) in [7, 11) is 0. The molecule has 5 rings (SSSR count). The number of carbonyl (C=O) groups is 2. The lowest BCUT2D eigenvalue weighted by atomic mass is 9.85. The summed E-state index contributed by atoms with van der Waals surface area (Å²) >= 11 is 0. The van der Waals surface area contributed by atoms with Crippen LogP contribution in [-0.2, 0) is 22.5 Å². The van der Waals surface area contributed by atoms with Gasteiger partial charge in [0.05, 0.1) is 12.6 Å². The molecule has 0 bridgehead atoms. The lowest BCUT2D eigenvalue weighted by Crippen LogP contribution is -2.50. The second kappa shape index (κ2) is 10.5. The number of piperidine rings is 1. The van der Waals surface area contributed by atoms with Crippen LogP contribution in [-0.4, -0.2) is 54.0 Å². The maximum atomic E-state index is 15.7. The van der Waals surface area contributed by atoms with Gasteiger partial charge in [0.15, 0.2) is 0 Å². The highest BCUT2D eigenvalue weighted by molar-refractivity contribution is 6.01. The van der Waals surface area contributed by atoms with Crippen LogP contribution in [0.3, 0.4) is 0 Å². The summed E-state index contributed by atoms with van der Waals surface area (Å²) in [6.45, 7) is 4.44. The highest BCUT2D eigenvalue weighted by atomic mass is 19.3. The van der Waals surface area contributed by atoms with Gasteiger partial charge in [-0.2, -0.15) is 0 Å². The fourth-order valence-electron chi connectivity index (χ4n) is 6.18. The molecule has 0 aromatic heterocycles. The summed E-state index contributed by atoms with van der Waals surface area (Å²) in [5, 5.41) is 6.32. The number of nitrogens with one attached hydrogen (secondary N) is 2. The van der Waals surface area contributed by atoms with Crippen LogP contribution < -0.4 is 10.6 Å². The number of benzene rings is 1. The van der Waals surface area contributed by atoms with E-state index in [1.165, 1.54) is 4.90 Å². The second-order valence-corrected chi connectivity index (χ2v) is 10.6. The van der Waals surface area contributed by atoms with Crippen molar-refractivity contribution in [3.05, 3.63) is 46.9 Å². The van der Waals surface area contributed by atoms with Gasteiger partial charge < -0.3 is 20.3 Å². The van der Waals surface area contributed by atoms with Crippen molar-refractivity contribution >= 4 is 11.8 Å². The molecule has 9 heteroatoms. The molecule has 4 aliphatic rings. The zero-order valence-electron chi connectivity index (χ0n) is 20.4. The number of amides is 2. The van der Waals surface area contributed by atoms with Crippen LogP contribution >= 0.6 is 0 Å². The number of fused-ring (bicyclic) bond motifs is 1. The fourth-order valence-corrected chi connectivity index (χ4v) is 6.18. The monoisotopic (exact) mass is 505 g/mol. The summed E-state index contributed by atoms with van der Waals surface area (Å²) in [6, 6.07) is 2.88. The molecule has 196 valence electrons. The smallest absolute Gasteiger partial charge is 0.255 e. The highest BCUT2D eigenvalue weighted by Crippen LogP contribution is 2.33. The minimum atomic E-state index is -2.26. The normalized spacial score (nSPS) is 31.1. The number of carbonyl (C=O) groups excluding carboxylic acids is 2. The van der Waals surface area contributed by atoms with E-state index in [2.05, 4.69) is 17.2 Å². The number of ether oxygens (including phenoxy) is 1. The molecule has 1 aromatic rings. The molecule has 2 amide bonds. The van der Waals surface area contributed by atoms with Gasteiger partial charge in [-0.3, -0.25) is 9.59 Å². The molecule has 0 spiro atoms. The van der Waals surface area contributed by atoms with Crippen LogP contribution in [0.4, 0.5) is 13.2 Å². The van der Waals surface area contributed by atoms with Crippen molar-refractivity contribution in [2.45, 2.75) is 95.0 Å². The van der Waals surface area contributed by atoms with E-state index in [-0.39, 0.29) is 36.5 Å². The largest absolute Gasteiger partial charge is 0.376 e. The van der Waals surface area contributed by atoms with E-state index in [1.807, 2.05) is 0 Å². The number of alkyl halides is 2. The predicted molar refractivity (Wildman–Crippen MR) is 128 cm³/mol. The minimum absolute atomic E-state index is 0.0247. The van der Waals surface area contributed by atoms with Gasteiger partial charge in [-0.1, -0.05) is 12.6 Å². The van der Waals surface area contributed by atoms with Crippen LogP contribution in [0.5, 0.6) is 0 Å². The number of halogens is 3. The third kappa shape index (κ3) is 5.05. The van der Waals surface area contributed by atoms with Crippen molar-refractivity contribution in [2.24, 2.45) is 5.92 Å². The van der Waals surface area contributed by atoms with Crippen molar-refractivity contribution in [3.8, 4) is 0 Å². The predicted octanol–water partition coefficient (Wildman–Crippen LogP) is 4.08. The van der Waals surface area contributed by atoms with Crippen LogP contribution in [0, 0.1) is 11.7 Å². The second-order valence-electron chi connectivity index (χ2n) is 10.6. The van der Waals surface area contributed by atoms with Crippen molar-refractivity contribution < 1.29 is 27.5 Å². The Bertz CT molecular complexity index is 1030. The Balaban J connectivity index is 1.26. The van der Waals surface area contributed by atoms with Crippen molar-refractivity contribution in [3.63, 3.8) is 0 Å². The van der Waals surface area contributed by atoms with Crippen LogP contribution in [0.2, 0.25) is 0 Å². The number of allylic oxidation sites excluding steroid dienone is 1. The molecule has 3 fully saturated rings. The summed E-state index contributed by atoms with van der Waals surface area (Å²) in [6.07, 6.45) is 3.18. The maximum absolute atomic E-state index is 15.7. The van der Waals surface area contributed by atoms with Gasteiger partial charge in [-0.25, -0.2) is 13.2 Å². The number of nitrogens with zero attached hydrogens (tertiary/aromatic N) is 1. The van der Waals surface area contributed by atoms with Gasteiger partial charge >= 0.3 is 0 Å². The van der Waals surface area contributed by atoms with E-state index in [1.54, 1.807) is 12.1 Å². The van der Waals surface area contributed by atoms with Gasteiger partial charge in [0, 0.05) is 47.9 Å². The first kappa shape index (κ1) is 25.3. The third-order valence-corrected chi connectivity index (χ3v) is 8.28. The molecule has 2 saturated heterocycles. The van der Waals surface area contributed by atoms with Crippen LogP contribution in [0.25, 0.3) is 0 Å². The summed E-state index contributed by atoms with van der Waals surface area (Å²) in [5.41, 5.74) is 1.76. The van der Waals surface area contributed by atoms with E-state index in [0.717, 1.165) is 12.8 Å². The number of hydrogen-bond acceptors (Lipinski definition) is 4. The molecular weight excluding hydrogens is 471 g/mol. The molecule has 36 heavy (non-hydrogen) atoms. The average molecular weight is 506 g/mol. The minimum Gasteiger partial charge on any atom is -0.376 e. The average Bonchev–Trinajstić information content (AvgIpc) is 3.19. The lowest BCUT2D eigenvalue weighted by molar-refractivity contribution is -0.126. The third-order valence-electron chi connectivity index (χ3n) is 8.28. The summed E-state index contributed by atoms with van der Waals surface area (Å²) in [4.78, 5) is 26.9. The number of rotatable bonds is 6. The number of hydrogen-bond donors (Lipinski definition) is 2. The first-order chi connectivity index (χ1) is 17.3. The molecule has 0 radical (unpaired) electrons. The Morgan fingerprint density at radius 2 is 1.92 bits per heavy atom. The molecule has 3 heterocycles. The van der Waals surface area contributed by atoms with E-state index in [9.17, 15) is 18.4 Å². The molecule has 6 nitrogen and oxygen atoms in total. The highest BCUT2D eigenvalue weighted by Gasteiger charge is 2.40. The van der Waals surface area contributed by atoms with Crippen molar-refractivity contribution in [2.75, 3.05) is 6.61 Å². The molecule has 3 atom stereocenters. The Labute approximate surface area is 209 Å². The summed E-state index contributed by atoms with van der Waals surface area (Å²) < 4.78 is 47.7. The molecule has 3 aliphatic heterocycles. The van der Waals surface area contributed by atoms with Gasteiger partial charge in [0.2, 0.25) is 12.3 Å². The molecule has 1 aromatic carbocycles. The van der Waals surface area contributed by atoms with Crippen molar-refractivity contribution in [1.82, 2.24) is 15.5 Å². The molecule has 1 aliphatic carbocycles. The van der Waals surface area contributed by atoms with Crippen LogP contribution in [0.15, 0.2) is 24.4 Å². The molecular formula is C27H34F3N3O3. The Kier molecular flexibility index (Phi) is 7.40. The zero-order valence-corrected chi connectivity index (χ0v) is 20.4. The first-order valence-electron chi connectivity index (χ1n) is 13.1. The topological polar surface area (TPSA) is 70.7 Å². The Morgan fingerprint density at radius 3 is 2.64 bits per heavy atom. The quantitative estimate of drug-likeness (QED) is 0.612. The Morgan fingerprint density at radius 1 is 1.14 bits per heavy atom. The maximum Gasteiger partial charge on any atom is 0.255 e. The van der Waals surface area contributed by atoms with Gasteiger partial charge in [-0.05, 0) is 63.0 Å². The van der Waals surface area contributed by atoms with Gasteiger partial charge in [0.25, 0.3) is 5.91 Å². The summed E-state index contributed by atoms with van der Waals surface area (Å²) in [5.74, 6) is -1.52. The fraction of sp³-hybridized carbons (Fsp3) is 0.630.